The zero-order valence-electron chi connectivity index (χ0n) is 11.8. The third-order valence-electron chi connectivity index (χ3n) is 2.91. The Morgan fingerprint density at radius 2 is 1.59 bits per heavy atom. The molecule has 0 unspecified atom stereocenters. The van der Waals surface area contributed by atoms with Crippen molar-refractivity contribution in [3.63, 3.8) is 0 Å². The van der Waals surface area contributed by atoms with Gasteiger partial charge in [0.15, 0.2) is 5.78 Å². The summed E-state index contributed by atoms with van der Waals surface area (Å²) in [4.78, 5) is 12.0. The largest absolute Gasteiger partial charge is 0.497 e. The highest BCUT2D eigenvalue weighted by Gasteiger charge is 2.04. The van der Waals surface area contributed by atoms with E-state index in [9.17, 15) is 13.6 Å². The summed E-state index contributed by atoms with van der Waals surface area (Å²) < 4.78 is 33.3. The third-order valence-corrected chi connectivity index (χ3v) is 2.91. The first-order valence-corrected chi connectivity index (χ1v) is 6.50. The minimum Gasteiger partial charge on any atom is -0.497 e. The number of benzene rings is 2. The first kappa shape index (κ1) is 15.7. The molecule has 0 heterocycles. The molecule has 3 nitrogen and oxygen atoms in total. The van der Waals surface area contributed by atoms with Gasteiger partial charge in [0.25, 0.3) is 0 Å². The van der Waals surface area contributed by atoms with Crippen molar-refractivity contribution in [2.45, 2.75) is 6.61 Å². The maximum Gasteiger partial charge on any atom is 0.387 e. The van der Waals surface area contributed by atoms with Gasteiger partial charge in [0.05, 0.1) is 7.11 Å². The number of alkyl halides is 2. The molecular formula is C17H14F2O3. The lowest BCUT2D eigenvalue weighted by atomic mass is 10.1. The van der Waals surface area contributed by atoms with Gasteiger partial charge < -0.3 is 9.47 Å². The van der Waals surface area contributed by atoms with E-state index < -0.39 is 6.61 Å². The number of allylic oxidation sites excluding steroid dienone is 1. The van der Waals surface area contributed by atoms with Crippen LogP contribution in [0.15, 0.2) is 54.6 Å². The lowest BCUT2D eigenvalue weighted by Gasteiger charge is -2.03. The number of hydrogen-bond donors (Lipinski definition) is 0. The van der Waals surface area contributed by atoms with Crippen LogP contribution < -0.4 is 9.47 Å². The Balaban J connectivity index is 2.02. The molecule has 0 amide bonds. The molecule has 0 aliphatic rings. The zero-order valence-corrected chi connectivity index (χ0v) is 11.8. The molecule has 0 fully saturated rings. The van der Waals surface area contributed by atoms with Crippen molar-refractivity contribution in [2.24, 2.45) is 0 Å². The molecule has 0 saturated heterocycles. The number of hydrogen-bond acceptors (Lipinski definition) is 3. The molecule has 0 aromatic heterocycles. The zero-order chi connectivity index (χ0) is 15.9. The average Bonchev–Trinajstić information content (AvgIpc) is 2.53. The molecule has 5 heteroatoms. The molecule has 0 aliphatic carbocycles. The van der Waals surface area contributed by atoms with Gasteiger partial charge in [-0.3, -0.25) is 4.79 Å². The van der Waals surface area contributed by atoms with E-state index in [1.54, 1.807) is 49.6 Å². The first-order chi connectivity index (χ1) is 10.6. The number of halogens is 2. The third kappa shape index (κ3) is 4.41. The Morgan fingerprint density at radius 1 is 1.00 bits per heavy atom. The highest BCUT2D eigenvalue weighted by Crippen LogP contribution is 2.16. The Bertz CT molecular complexity index is 647. The molecule has 2 aromatic carbocycles. The van der Waals surface area contributed by atoms with Gasteiger partial charge in [-0.2, -0.15) is 8.78 Å². The summed E-state index contributed by atoms with van der Waals surface area (Å²) in [5.41, 5.74) is 1.25. The van der Waals surface area contributed by atoms with Crippen molar-refractivity contribution < 1.29 is 23.0 Å². The van der Waals surface area contributed by atoms with E-state index in [0.717, 1.165) is 0 Å². The summed E-state index contributed by atoms with van der Waals surface area (Å²) in [6, 6.07) is 12.8. The van der Waals surface area contributed by atoms with Crippen molar-refractivity contribution in [2.75, 3.05) is 7.11 Å². The lowest BCUT2D eigenvalue weighted by Crippen LogP contribution is -2.01. The quantitative estimate of drug-likeness (QED) is 0.593. The van der Waals surface area contributed by atoms with E-state index in [4.69, 9.17) is 4.74 Å². The van der Waals surface area contributed by atoms with Gasteiger partial charge in [-0.25, -0.2) is 0 Å². The van der Waals surface area contributed by atoms with E-state index >= 15 is 0 Å². The second-order valence-electron chi connectivity index (χ2n) is 4.37. The molecular weight excluding hydrogens is 290 g/mol. The van der Waals surface area contributed by atoms with Crippen LogP contribution in [-0.4, -0.2) is 19.5 Å². The number of ketones is 1. The fourth-order valence-corrected chi connectivity index (χ4v) is 1.78. The van der Waals surface area contributed by atoms with Crippen LogP contribution in [0.4, 0.5) is 8.78 Å². The molecule has 2 rings (SSSR count). The van der Waals surface area contributed by atoms with Crippen LogP contribution >= 0.6 is 0 Å². The molecule has 0 atom stereocenters. The molecule has 0 spiro atoms. The molecule has 0 bridgehead atoms. The molecule has 114 valence electrons. The maximum atomic E-state index is 12.0. The van der Waals surface area contributed by atoms with Crippen LogP contribution in [0.1, 0.15) is 15.9 Å². The summed E-state index contributed by atoms with van der Waals surface area (Å²) in [7, 11) is 1.55. The average molecular weight is 304 g/mol. The standard InChI is InChI=1S/C17H14F2O3/c1-21-14-9-5-13(6-10-14)16(20)11-4-12-2-7-15(8-3-12)22-17(18)19/h2-11,17H,1H3/b11-4+. The van der Waals surface area contributed by atoms with Crippen molar-refractivity contribution in [1.82, 2.24) is 0 Å². The number of carbonyl (C=O) groups is 1. The highest BCUT2D eigenvalue weighted by molar-refractivity contribution is 6.06. The fourth-order valence-electron chi connectivity index (χ4n) is 1.78. The van der Waals surface area contributed by atoms with Crippen molar-refractivity contribution in [3.05, 3.63) is 65.7 Å². The van der Waals surface area contributed by atoms with Crippen LogP contribution in [0.2, 0.25) is 0 Å². The fraction of sp³-hybridized carbons (Fsp3) is 0.118. The Kier molecular flexibility index (Phi) is 5.25. The second kappa shape index (κ2) is 7.36. The number of ether oxygens (including phenoxy) is 2. The maximum absolute atomic E-state index is 12.0. The molecule has 0 saturated carbocycles. The Labute approximate surface area is 126 Å². The lowest BCUT2D eigenvalue weighted by molar-refractivity contribution is -0.0498. The SMILES string of the molecule is COc1ccc(C(=O)/C=C/c2ccc(OC(F)F)cc2)cc1. The topological polar surface area (TPSA) is 35.5 Å². The molecule has 22 heavy (non-hydrogen) atoms. The summed E-state index contributed by atoms with van der Waals surface area (Å²) in [5.74, 6) is 0.597. The van der Waals surface area contributed by atoms with E-state index in [2.05, 4.69) is 4.74 Å². The predicted octanol–water partition coefficient (Wildman–Crippen LogP) is 4.19. The molecule has 0 radical (unpaired) electrons. The first-order valence-electron chi connectivity index (χ1n) is 6.50. The van der Waals surface area contributed by atoms with Crippen LogP contribution in [0.3, 0.4) is 0 Å². The normalized spacial score (nSPS) is 10.9. The van der Waals surface area contributed by atoms with Crippen LogP contribution in [0, 0.1) is 0 Å². The van der Waals surface area contributed by atoms with Gasteiger partial charge in [0.1, 0.15) is 11.5 Å². The van der Waals surface area contributed by atoms with Gasteiger partial charge in [-0.1, -0.05) is 18.2 Å². The second-order valence-corrected chi connectivity index (χ2v) is 4.37. The Morgan fingerprint density at radius 3 is 2.14 bits per heavy atom. The number of carbonyl (C=O) groups excluding carboxylic acids is 1. The number of rotatable bonds is 6. The molecule has 0 N–H and O–H groups in total. The monoisotopic (exact) mass is 304 g/mol. The summed E-state index contributed by atoms with van der Waals surface area (Å²) in [6.45, 7) is -2.85. The van der Waals surface area contributed by atoms with Crippen LogP contribution in [0.25, 0.3) is 6.08 Å². The van der Waals surface area contributed by atoms with Crippen LogP contribution in [0.5, 0.6) is 11.5 Å². The van der Waals surface area contributed by atoms with E-state index in [1.165, 1.54) is 18.2 Å². The van der Waals surface area contributed by atoms with Gasteiger partial charge in [-0.15, -0.1) is 0 Å². The smallest absolute Gasteiger partial charge is 0.387 e. The van der Waals surface area contributed by atoms with Gasteiger partial charge in [-0.05, 0) is 48.0 Å². The predicted molar refractivity (Wildman–Crippen MR) is 79.4 cm³/mol. The summed E-state index contributed by atoms with van der Waals surface area (Å²) >= 11 is 0. The molecule has 0 aliphatic heterocycles. The number of methoxy groups -OCH3 is 1. The van der Waals surface area contributed by atoms with Gasteiger partial charge >= 0.3 is 6.61 Å². The van der Waals surface area contributed by atoms with Crippen molar-refractivity contribution in [1.29, 1.82) is 0 Å². The van der Waals surface area contributed by atoms with Crippen LogP contribution in [-0.2, 0) is 0 Å². The summed E-state index contributed by atoms with van der Waals surface area (Å²) in [5, 5.41) is 0. The van der Waals surface area contributed by atoms with Crippen molar-refractivity contribution >= 4 is 11.9 Å². The summed E-state index contributed by atoms with van der Waals surface area (Å²) in [6.07, 6.45) is 3.03. The molecule has 2 aromatic rings. The van der Waals surface area contributed by atoms with E-state index in [-0.39, 0.29) is 11.5 Å². The van der Waals surface area contributed by atoms with Gasteiger partial charge in [0, 0.05) is 5.56 Å². The van der Waals surface area contributed by atoms with E-state index in [0.29, 0.717) is 16.9 Å². The minimum atomic E-state index is -2.85. The minimum absolute atomic E-state index is 0.0774. The Hall–Kier alpha value is -2.69. The van der Waals surface area contributed by atoms with E-state index in [1.807, 2.05) is 0 Å². The highest BCUT2D eigenvalue weighted by atomic mass is 19.3. The van der Waals surface area contributed by atoms with Crippen molar-refractivity contribution in [3.8, 4) is 11.5 Å². The van der Waals surface area contributed by atoms with Gasteiger partial charge in [0.2, 0.25) is 0 Å².